The summed E-state index contributed by atoms with van der Waals surface area (Å²) >= 11 is 0. The first-order chi connectivity index (χ1) is 8.22. The van der Waals surface area contributed by atoms with Crippen molar-refractivity contribution in [1.82, 2.24) is 0 Å². The number of para-hydroxylation sites is 2. The first-order valence-corrected chi connectivity index (χ1v) is 5.55. The normalized spacial score (nSPS) is 14.8. The molecule has 2 rings (SSSR count). The highest BCUT2D eigenvalue weighted by atomic mass is 16.2. The van der Waals surface area contributed by atoms with Crippen LogP contribution in [0.3, 0.4) is 0 Å². The van der Waals surface area contributed by atoms with Crippen molar-refractivity contribution in [1.29, 1.82) is 0 Å². The molecule has 1 aromatic rings. The van der Waals surface area contributed by atoms with Crippen LogP contribution in [0.25, 0.3) is 0 Å². The Morgan fingerprint density at radius 2 is 2.18 bits per heavy atom. The average molecular weight is 230 g/mol. The van der Waals surface area contributed by atoms with Crippen LogP contribution in [0.1, 0.15) is 12.8 Å². The van der Waals surface area contributed by atoms with Gasteiger partial charge in [-0.05, 0) is 24.6 Å². The number of hydrogen-bond donors (Lipinski definition) is 1. The monoisotopic (exact) mass is 230 g/mol. The van der Waals surface area contributed by atoms with Gasteiger partial charge in [0.25, 0.3) is 0 Å². The van der Waals surface area contributed by atoms with Crippen molar-refractivity contribution in [3.05, 3.63) is 36.9 Å². The van der Waals surface area contributed by atoms with E-state index in [1.165, 1.54) is 6.08 Å². The van der Waals surface area contributed by atoms with Crippen LogP contribution in [-0.4, -0.2) is 18.4 Å². The minimum Gasteiger partial charge on any atom is -0.321 e. The third-order valence-corrected chi connectivity index (χ3v) is 2.71. The van der Waals surface area contributed by atoms with Crippen LogP contribution >= 0.6 is 0 Å². The first-order valence-electron chi connectivity index (χ1n) is 5.55. The van der Waals surface area contributed by atoms with Crippen molar-refractivity contribution < 1.29 is 9.59 Å². The lowest BCUT2D eigenvalue weighted by molar-refractivity contribution is -0.117. The quantitative estimate of drug-likeness (QED) is 0.807. The van der Waals surface area contributed by atoms with E-state index >= 15 is 0 Å². The zero-order chi connectivity index (χ0) is 12.3. The molecule has 0 aromatic heterocycles. The van der Waals surface area contributed by atoms with Gasteiger partial charge in [0.2, 0.25) is 11.8 Å². The SMILES string of the molecule is C=CC(=O)Nc1ccccc1N1CCCC1=O. The molecule has 0 bridgehead atoms. The highest BCUT2D eigenvalue weighted by molar-refractivity contribution is 6.04. The lowest BCUT2D eigenvalue weighted by Crippen LogP contribution is -2.25. The molecule has 1 aromatic carbocycles. The Bertz CT molecular complexity index is 468. The van der Waals surface area contributed by atoms with E-state index in [1.807, 2.05) is 18.2 Å². The summed E-state index contributed by atoms with van der Waals surface area (Å²) in [6, 6.07) is 7.29. The molecular weight excluding hydrogens is 216 g/mol. The van der Waals surface area contributed by atoms with Crippen molar-refractivity contribution >= 4 is 23.2 Å². The van der Waals surface area contributed by atoms with Crippen LogP contribution < -0.4 is 10.2 Å². The molecule has 1 aliphatic heterocycles. The van der Waals surface area contributed by atoms with Crippen LogP contribution in [-0.2, 0) is 9.59 Å². The second-order valence-electron chi connectivity index (χ2n) is 3.86. The lowest BCUT2D eigenvalue weighted by atomic mass is 10.2. The summed E-state index contributed by atoms with van der Waals surface area (Å²) in [4.78, 5) is 24.7. The molecule has 0 radical (unpaired) electrons. The summed E-state index contributed by atoms with van der Waals surface area (Å²) < 4.78 is 0. The fourth-order valence-corrected chi connectivity index (χ4v) is 1.90. The zero-order valence-corrected chi connectivity index (χ0v) is 9.48. The van der Waals surface area contributed by atoms with Gasteiger partial charge in [0.05, 0.1) is 11.4 Å². The van der Waals surface area contributed by atoms with E-state index in [0.717, 1.165) is 12.1 Å². The van der Waals surface area contributed by atoms with Gasteiger partial charge >= 0.3 is 0 Å². The van der Waals surface area contributed by atoms with Crippen LogP contribution in [0, 0.1) is 0 Å². The second kappa shape index (κ2) is 4.82. The maximum Gasteiger partial charge on any atom is 0.247 e. The first kappa shape index (κ1) is 11.4. The maximum absolute atomic E-state index is 11.7. The summed E-state index contributed by atoms with van der Waals surface area (Å²) in [7, 11) is 0. The molecular formula is C13H14N2O2. The van der Waals surface area contributed by atoms with Crippen LogP contribution in [0.15, 0.2) is 36.9 Å². The van der Waals surface area contributed by atoms with E-state index in [4.69, 9.17) is 0 Å². The molecule has 0 spiro atoms. The standard InChI is InChI=1S/C13H14N2O2/c1-2-12(16)14-10-6-3-4-7-11(10)15-9-5-8-13(15)17/h2-4,6-7H,1,5,8-9H2,(H,14,16). The fourth-order valence-electron chi connectivity index (χ4n) is 1.90. The number of amides is 2. The molecule has 0 saturated carbocycles. The van der Waals surface area contributed by atoms with E-state index < -0.39 is 0 Å². The lowest BCUT2D eigenvalue weighted by Gasteiger charge is -2.19. The van der Waals surface area contributed by atoms with Gasteiger partial charge in [0.1, 0.15) is 0 Å². The molecule has 4 nitrogen and oxygen atoms in total. The molecule has 4 heteroatoms. The smallest absolute Gasteiger partial charge is 0.247 e. The Hall–Kier alpha value is -2.10. The third-order valence-electron chi connectivity index (χ3n) is 2.71. The molecule has 1 fully saturated rings. The number of nitrogens with one attached hydrogen (secondary N) is 1. The molecule has 0 atom stereocenters. The molecule has 88 valence electrons. The van der Waals surface area contributed by atoms with Crippen LogP contribution in [0.2, 0.25) is 0 Å². The van der Waals surface area contributed by atoms with Gasteiger partial charge in [-0.3, -0.25) is 9.59 Å². The van der Waals surface area contributed by atoms with E-state index in [1.54, 1.807) is 11.0 Å². The number of nitrogens with zero attached hydrogens (tertiary/aromatic N) is 1. The summed E-state index contributed by atoms with van der Waals surface area (Å²) in [6.45, 7) is 4.11. The largest absolute Gasteiger partial charge is 0.321 e. The predicted octanol–water partition coefficient (Wildman–Crippen LogP) is 1.94. The van der Waals surface area contributed by atoms with Gasteiger partial charge < -0.3 is 10.2 Å². The summed E-state index contributed by atoms with van der Waals surface area (Å²) in [6.07, 6.45) is 2.65. The number of hydrogen-bond acceptors (Lipinski definition) is 2. The Morgan fingerprint density at radius 1 is 1.41 bits per heavy atom. The highest BCUT2D eigenvalue weighted by Gasteiger charge is 2.23. The number of carbonyl (C=O) groups is 2. The summed E-state index contributed by atoms with van der Waals surface area (Å²) in [5.74, 6) is -0.172. The number of rotatable bonds is 3. The Morgan fingerprint density at radius 3 is 2.82 bits per heavy atom. The summed E-state index contributed by atoms with van der Waals surface area (Å²) in [5, 5.41) is 2.71. The Balaban J connectivity index is 2.30. The number of carbonyl (C=O) groups excluding carboxylic acids is 2. The molecule has 1 aliphatic rings. The fraction of sp³-hybridized carbons (Fsp3) is 0.231. The molecule has 1 saturated heterocycles. The van der Waals surface area contributed by atoms with Crippen molar-refractivity contribution in [3.63, 3.8) is 0 Å². The molecule has 1 heterocycles. The minimum atomic E-state index is -0.274. The second-order valence-corrected chi connectivity index (χ2v) is 3.86. The Kier molecular flexibility index (Phi) is 3.23. The van der Waals surface area contributed by atoms with E-state index in [9.17, 15) is 9.59 Å². The topological polar surface area (TPSA) is 49.4 Å². The molecule has 0 unspecified atom stereocenters. The van der Waals surface area contributed by atoms with Gasteiger partial charge in [-0.15, -0.1) is 0 Å². The van der Waals surface area contributed by atoms with Crippen molar-refractivity contribution in [2.24, 2.45) is 0 Å². The molecule has 17 heavy (non-hydrogen) atoms. The zero-order valence-electron chi connectivity index (χ0n) is 9.48. The van der Waals surface area contributed by atoms with Crippen molar-refractivity contribution in [2.75, 3.05) is 16.8 Å². The molecule has 0 aliphatic carbocycles. The average Bonchev–Trinajstić information content (AvgIpc) is 2.76. The van der Waals surface area contributed by atoms with E-state index in [-0.39, 0.29) is 11.8 Å². The van der Waals surface area contributed by atoms with Gasteiger partial charge in [0.15, 0.2) is 0 Å². The van der Waals surface area contributed by atoms with Gasteiger partial charge in [0, 0.05) is 13.0 Å². The Labute approximate surface area is 99.9 Å². The van der Waals surface area contributed by atoms with Gasteiger partial charge in [-0.2, -0.15) is 0 Å². The van der Waals surface area contributed by atoms with Crippen LogP contribution in [0.4, 0.5) is 11.4 Å². The minimum absolute atomic E-state index is 0.102. The third kappa shape index (κ3) is 2.36. The molecule has 1 N–H and O–H groups in total. The van der Waals surface area contributed by atoms with Gasteiger partial charge in [-0.25, -0.2) is 0 Å². The van der Waals surface area contributed by atoms with E-state index in [2.05, 4.69) is 11.9 Å². The summed E-state index contributed by atoms with van der Waals surface area (Å²) in [5.41, 5.74) is 1.40. The van der Waals surface area contributed by atoms with E-state index in [0.29, 0.717) is 18.7 Å². The van der Waals surface area contributed by atoms with Crippen molar-refractivity contribution in [2.45, 2.75) is 12.8 Å². The number of anilines is 2. The van der Waals surface area contributed by atoms with Gasteiger partial charge in [-0.1, -0.05) is 18.7 Å². The predicted molar refractivity (Wildman–Crippen MR) is 66.9 cm³/mol. The highest BCUT2D eigenvalue weighted by Crippen LogP contribution is 2.29. The van der Waals surface area contributed by atoms with Crippen LogP contribution in [0.5, 0.6) is 0 Å². The number of benzene rings is 1. The van der Waals surface area contributed by atoms with Crippen molar-refractivity contribution in [3.8, 4) is 0 Å². The molecule has 2 amide bonds. The maximum atomic E-state index is 11.7.